The van der Waals surface area contributed by atoms with Gasteiger partial charge < -0.3 is 0 Å². The summed E-state index contributed by atoms with van der Waals surface area (Å²) in [4.78, 5) is 22.3. The van der Waals surface area contributed by atoms with Gasteiger partial charge >= 0.3 is 11.3 Å². The molecule has 0 aliphatic rings. The third kappa shape index (κ3) is 3.87. The van der Waals surface area contributed by atoms with E-state index in [0.717, 1.165) is 32.9 Å². The highest BCUT2D eigenvalue weighted by molar-refractivity contribution is 7.96. The fraction of sp³-hybridized carbons (Fsp3) is 0. The van der Waals surface area contributed by atoms with E-state index in [9.17, 15) is 4.79 Å². The maximum absolute atomic E-state index is 10.9. The number of nitrogens with one attached hydrogen (secondary N) is 2. The minimum absolute atomic E-state index is 0.320. The smallest absolute Gasteiger partial charge is 0.273 e. The Labute approximate surface area is 172 Å². The lowest BCUT2D eigenvalue weighted by Crippen LogP contribution is -2.31. The molecule has 0 atom stereocenters. The molecule has 0 spiro atoms. The number of benzene rings is 4. The first-order valence-corrected chi connectivity index (χ1v) is 9.26. The Morgan fingerprint density at radius 1 is 0.793 bits per heavy atom. The monoisotopic (exact) mass is 403 g/mol. The average Bonchev–Trinajstić information content (AvgIpc) is 2.74. The Kier molecular flexibility index (Phi) is 5.33. The molecule has 7 heteroatoms. The van der Waals surface area contributed by atoms with Gasteiger partial charge in [0.2, 0.25) is 0 Å². The number of amides is 1. The highest BCUT2D eigenvalue weighted by atomic mass is 32.1. The van der Waals surface area contributed by atoms with E-state index >= 15 is 0 Å². The van der Waals surface area contributed by atoms with Crippen LogP contribution in [0.4, 0.5) is 16.2 Å². The maximum atomic E-state index is 10.9. The Balaban J connectivity index is 1.87. The van der Waals surface area contributed by atoms with Crippen LogP contribution >= 0.6 is 12.6 Å². The summed E-state index contributed by atoms with van der Waals surface area (Å²) in [6.45, 7) is 0. The summed E-state index contributed by atoms with van der Waals surface area (Å²) in [5.74, 6) is 0. The van der Waals surface area contributed by atoms with Crippen LogP contribution in [0.1, 0.15) is 0 Å². The van der Waals surface area contributed by atoms with Crippen LogP contribution in [-0.4, -0.2) is 11.3 Å². The van der Waals surface area contributed by atoms with Crippen molar-refractivity contribution in [1.29, 1.82) is 5.41 Å². The lowest BCUT2D eigenvalue weighted by molar-refractivity contribution is -0.257. The Hall–Kier alpha value is -3.55. The summed E-state index contributed by atoms with van der Waals surface area (Å²) in [7, 11) is 0. The van der Waals surface area contributed by atoms with Gasteiger partial charge in [-0.1, -0.05) is 90.4 Å². The first-order chi connectivity index (χ1) is 14.1. The van der Waals surface area contributed by atoms with Crippen LogP contribution < -0.4 is 10.4 Å². The summed E-state index contributed by atoms with van der Waals surface area (Å²) in [6.07, 6.45) is 0. The van der Waals surface area contributed by atoms with Gasteiger partial charge in [-0.2, -0.15) is 5.48 Å². The van der Waals surface area contributed by atoms with Crippen molar-refractivity contribution in [2.45, 2.75) is 0 Å². The molecule has 0 fully saturated rings. The lowest BCUT2D eigenvalue weighted by atomic mass is 10.0. The predicted octanol–water partition coefficient (Wildman–Crippen LogP) is 5.57. The molecule has 29 heavy (non-hydrogen) atoms. The molecule has 4 aromatic rings. The van der Waals surface area contributed by atoms with Crippen molar-refractivity contribution in [1.82, 2.24) is 5.48 Å². The van der Waals surface area contributed by atoms with Gasteiger partial charge in [-0.05, 0) is 22.9 Å². The van der Waals surface area contributed by atoms with Crippen LogP contribution in [0.25, 0.3) is 21.5 Å². The molecule has 0 aliphatic carbocycles. The van der Waals surface area contributed by atoms with E-state index < -0.39 is 5.24 Å². The molecule has 2 N–H and O–H groups in total. The largest absolute Gasteiger partial charge is 0.334 e. The zero-order valence-corrected chi connectivity index (χ0v) is 16.1. The number of thiol groups is 1. The first-order valence-electron chi connectivity index (χ1n) is 8.82. The van der Waals surface area contributed by atoms with Crippen LogP contribution in [0.15, 0.2) is 84.9 Å². The molecule has 0 unspecified atom stereocenters. The van der Waals surface area contributed by atoms with Crippen LogP contribution in [0, 0.1) is 5.41 Å². The minimum atomic E-state index is -0.736. The van der Waals surface area contributed by atoms with Crippen molar-refractivity contribution in [2.75, 3.05) is 4.90 Å². The number of hydrogen-bond donors (Lipinski definition) is 3. The van der Waals surface area contributed by atoms with Gasteiger partial charge in [-0.3, -0.25) is 14.6 Å². The first kappa shape index (κ1) is 18.8. The third-order valence-corrected chi connectivity index (χ3v) is 4.56. The van der Waals surface area contributed by atoms with Gasteiger partial charge in [0.15, 0.2) is 0 Å². The Bertz CT molecular complexity index is 1120. The molecule has 1 amide bonds. The summed E-state index contributed by atoms with van der Waals surface area (Å²) < 4.78 is 0. The van der Waals surface area contributed by atoms with E-state index in [1.807, 2.05) is 90.4 Å². The van der Waals surface area contributed by atoms with Crippen LogP contribution in [0.5, 0.6) is 0 Å². The van der Waals surface area contributed by atoms with Crippen molar-refractivity contribution < 1.29 is 14.7 Å². The SMILES string of the molecule is N=C(OONC(=O)S)N(c1cccc2ccccc12)c1cccc2ccccc12. The summed E-state index contributed by atoms with van der Waals surface area (Å²) in [5, 5.41) is 11.7. The fourth-order valence-electron chi connectivity index (χ4n) is 3.29. The average molecular weight is 403 g/mol. The molecular formula is C22H17N3O3S. The van der Waals surface area contributed by atoms with Crippen molar-refractivity contribution in [3.05, 3.63) is 84.9 Å². The highest BCUT2D eigenvalue weighted by Crippen LogP contribution is 2.36. The fourth-order valence-corrected chi connectivity index (χ4v) is 3.33. The van der Waals surface area contributed by atoms with Crippen molar-refractivity contribution in [3.8, 4) is 0 Å². The second-order valence-electron chi connectivity index (χ2n) is 6.21. The van der Waals surface area contributed by atoms with Gasteiger partial charge in [-0.25, -0.2) is 5.41 Å². The molecule has 0 aliphatic heterocycles. The van der Waals surface area contributed by atoms with Crippen molar-refractivity contribution in [2.24, 2.45) is 0 Å². The van der Waals surface area contributed by atoms with Crippen LogP contribution in [0.3, 0.4) is 0 Å². The summed E-state index contributed by atoms with van der Waals surface area (Å²) in [6, 6.07) is 27.1. The van der Waals surface area contributed by atoms with Crippen LogP contribution in [-0.2, 0) is 9.88 Å². The van der Waals surface area contributed by atoms with Crippen molar-refractivity contribution in [3.63, 3.8) is 0 Å². The zero-order valence-electron chi connectivity index (χ0n) is 15.2. The number of anilines is 2. The van der Waals surface area contributed by atoms with E-state index in [4.69, 9.17) is 10.3 Å². The molecule has 0 saturated heterocycles. The normalized spacial score (nSPS) is 10.7. The highest BCUT2D eigenvalue weighted by Gasteiger charge is 2.21. The molecule has 0 saturated carbocycles. The second kappa shape index (κ2) is 8.22. The van der Waals surface area contributed by atoms with Gasteiger partial charge in [-0.15, -0.1) is 0 Å². The number of hydrogen-bond acceptors (Lipinski definition) is 4. The van der Waals surface area contributed by atoms with Crippen LogP contribution in [0.2, 0.25) is 0 Å². The number of carbonyl (C=O) groups is 1. The van der Waals surface area contributed by atoms with E-state index in [1.54, 1.807) is 4.90 Å². The number of rotatable bonds is 4. The van der Waals surface area contributed by atoms with Crippen molar-refractivity contribution >= 4 is 56.8 Å². The number of fused-ring (bicyclic) bond motifs is 2. The standard InChI is InChI=1S/C22H17N3O3S/c23-21(27-28-24-22(26)29)25(19-13-5-9-15-7-1-3-11-17(15)19)20-14-6-10-16-8-2-4-12-18(16)20/h1-14,23H,(H2,24,26,29). The summed E-state index contributed by atoms with van der Waals surface area (Å²) >= 11 is 3.55. The third-order valence-electron chi connectivity index (χ3n) is 4.47. The lowest BCUT2D eigenvalue weighted by Gasteiger charge is -2.26. The molecule has 0 radical (unpaired) electrons. The molecule has 0 aromatic heterocycles. The number of amidine groups is 1. The minimum Gasteiger partial charge on any atom is -0.273 e. The quantitative estimate of drug-likeness (QED) is 0.137. The summed E-state index contributed by atoms with van der Waals surface area (Å²) in [5.41, 5.74) is 3.43. The van der Waals surface area contributed by atoms with E-state index in [-0.39, 0.29) is 6.02 Å². The molecule has 144 valence electrons. The topological polar surface area (TPSA) is 74.6 Å². The number of hydroxylamine groups is 1. The van der Waals surface area contributed by atoms with Gasteiger partial charge in [0.25, 0.3) is 0 Å². The van der Waals surface area contributed by atoms with Gasteiger partial charge in [0.1, 0.15) is 0 Å². The van der Waals surface area contributed by atoms with E-state index in [1.165, 1.54) is 0 Å². The molecule has 4 aromatic carbocycles. The van der Waals surface area contributed by atoms with Gasteiger partial charge in [0, 0.05) is 10.8 Å². The zero-order chi connectivity index (χ0) is 20.2. The molecule has 4 rings (SSSR count). The number of nitrogens with zero attached hydrogens (tertiary/aromatic N) is 1. The maximum Gasteiger partial charge on any atom is 0.334 e. The predicted molar refractivity (Wildman–Crippen MR) is 117 cm³/mol. The second-order valence-corrected chi connectivity index (χ2v) is 6.62. The Morgan fingerprint density at radius 3 is 1.79 bits per heavy atom. The molecule has 0 bridgehead atoms. The van der Waals surface area contributed by atoms with E-state index in [0.29, 0.717) is 0 Å². The Morgan fingerprint density at radius 2 is 1.28 bits per heavy atom. The van der Waals surface area contributed by atoms with E-state index in [2.05, 4.69) is 17.6 Å². The molecular weight excluding hydrogens is 386 g/mol. The number of carbonyl (C=O) groups excluding carboxylic acids is 1. The molecule has 0 heterocycles. The molecule has 6 nitrogen and oxygen atoms in total. The van der Waals surface area contributed by atoms with Gasteiger partial charge in [0.05, 0.1) is 11.4 Å².